The predicted octanol–water partition coefficient (Wildman–Crippen LogP) is 2.12. The van der Waals surface area contributed by atoms with E-state index < -0.39 is 4.92 Å². The lowest BCUT2D eigenvalue weighted by Gasteiger charge is -2.17. The Kier molecular flexibility index (Phi) is 3.91. The van der Waals surface area contributed by atoms with Crippen LogP contribution in [0.3, 0.4) is 0 Å². The standard InChI is InChI=1S/C11H13N5O2S/c1-12-11-13-5-9(16(17)18)10(14-11)15(2)6-8-3-4-19-7-8/h3-5,7H,6H2,1-2H3,(H,12,13,14). The van der Waals surface area contributed by atoms with Gasteiger partial charge in [-0.15, -0.1) is 0 Å². The molecule has 0 radical (unpaired) electrons. The molecule has 0 amide bonds. The van der Waals surface area contributed by atoms with Crippen molar-refractivity contribution in [1.82, 2.24) is 9.97 Å². The number of anilines is 2. The molecule has 0 saturated carbocycles. The Labute approximate surface area is 114 Å². The van der Waals surface area contributed by atoms with Crippen LogP contribution in [0.4, 0.5) is 17.5 Å². The molecule has 7 nitrogen and oxygen atoms in total. The van der Waals surface area contributed by atoms with Crippen LogP contribution in [-0.4, -0.2) is 29.0 Å². The van der Waals surface area contributed by atoms with E-state index in [1.807, 2.05) is 16.8 Å². The number of nitro groups is 1. The molecule has 0 aliphatic rings. The van der Waals surface area contributed by atoms with Crippen molar-refractivity contribution in [2.75, 3.05) is 24.3 Å². The number of nitrogens with one attached hydrogen (secondary N) is 1. The summed E-state index contributed by atoms with van der Waals surface area (Å²) in [6, 6.07) is 1.98. The van der Waals surface area contributed by atoms with Gasteiger partial charge in [-0.05, 0) is 22.4 Å². The van der Waals surface area contributed by atoms with Gasteiger partial charge in [-0.1, -0.05) is 0 Å². The zero-order chi connectivity index (χ0) is 13.8. The Hall–Kier alpha value is -2.22. The molecule has 0 saturated heterocycles. The molecular formula is C11H13N5O2S. The largest absolute Gasteiger partial charge is 0.357 e. The minimum Gasteiger partial charge on any atom is -0.357 e. The quantitative estimate of drug-likeness (QED) is 0.666. The van der Waals surface area contributed by atoms with E-state index in [4.69, 9.17) is 0 Å². The molecule has 19 heavy (non-hydrogen) atoms. The van der Waals surface area contributed by atoms with Gasteiger partial charge in [0.1, 0.15) is 6.20 Å². The second-order valence-corrected chi connectivity index (χ2v) is 4.68. The second-order valence-electron chi connectivity index (χ2n) is 3.90. The Balaban J connectivity index is 2.32. The summed E-state index contributed by atoms with van der Waals surface area (Å²) in [6.45, 7) is 0.560. The summed E-state index contributed by atoms with van der Waals surface area (Å²) >= 11 is 1.59. The first-order chi connectivity index (χ1) is 9.11. The minimum absolute atomic E-state index is 0.100. The fraction of sp³-hybridized carbons (Fsp3) is 0.273. The lowest BCUT2D eigenvalue weighted by Crippen LogP contribution is -2.19. The van der Waals surface area contributed by atoms with E-state index in [0.29, 0.717) is 18.3 Å². The molecule has 2 aromatic rings. The van der Waals surface area contributed by atoms with Crippen LogP contribution >= 0.6 is 11.3 Å². The number of nitrogens with zero attached hydrogens (tertiary/aromatic N) is 4. The lowest BCUT2D eigenvalue weighted by molar-refractivity contribution is -0.384. The summed E-state index contributed by atoms with van der Waals surface area (Å²) in [5, 5.41) is 17.8. The molecule has 8 heteroatoms. The molecule has 2 rings (SSSR count). The molecule has 1 N–H and O–H groups in total. The van der Waals surface area contributed by atoms with Crippen LogP contribution in [0.2, 0.25) is 0 Å². The monoisotopic (exact) mass is 279 g/mol. The molecule has 0 aromatic carbocycles. The molecular weight excluding hydrogens is 266 g/mol. The first-order valence-corrected chi connectivity index (χ1v) is 6.47. The van der Waals surface area contributed by atoms with Crippen molar-refractivity contribution in [1.29, 1.82) is 0 Å². The highest BCUT2D eigenvalue weighted by molar-refractivity contribution is 7.07. The number of rotatable bonds is 5. The predicted molar refractivity (Wildman–Crippen MR) is 74.7 cm³/mol. The maximum Gasteiger partial charge on any atom is 0.329 e. The van der Waals surface area contributed by atoms with Gasteiger partial charge in [0.2, 0.25) is 11.8 Å². The van der Waals surface area contributed by atoms with Gasteiger partial charge in [0.25, 0.3) is 0 Å². The Bertz CT molecular complexity index is 572. The van der Waals surface area contributed by atoms with Crippen LogP contribution < -0.4 is 10.2 Å². The lowest BCUT2D eigenvalue weighted by atomic mass is 10.3. The SMILES string of the molecule is CNc1ncc([N+](=O)[O-])c(N(C)Cc2ccsc2)n1. The number of hydrogen-bond acceptors (Lipinski definition) is 7. The van der Waals surface area contributed by atoms with Gasteiger partial charge < -0.3 is 10.2 Å². The zero-order valence-electron chi connectivity index (χ0n) is 10.5. The average Bonchev–Trinajstić information content (AvgIpc) is 2.90. The number of aromatic nitrogens is 2. The van der Waals surface area contributed by atoms with E-state index in [1.54, 1.807) is 30.3 Å². The van der Waals surface area contributed by atoms with E-state index in [0.717, 1.165) is 5.56 Å². The van der Waals surface area contributed by atoms with E-state index in [9.17, 15) is 10.1 Å². The highest BCUT2D eigenvalue weighted by Crippen LogP contribution is 2.26. The van der Waals surface area contributed by atoms with Crippen molar-refractivity contribution in [3.05, 3.63) is 38.7 Å². The highest BCUT2D eigenvalue weighted by atomic mass is 32.1. The third-order valence-corrected chi connectivity index (χ3v) is 3.26. The van der Waals surface area contributed by atoms with Crippen molar-refractivity contribution in [3.63, 3.8) is 0 Å². The molecule has 2 aromatic heterocycles. The summed E-state index contributed by atoms with van der Waals surface area (Å²) < 4.78 is 0. The van der Waals surface area contributed by atoms with E-state index in [1.165, 1.54) is 6.20 Å². The summed E-state index contributed by atoms with van der Waals surface area (Å²) in [5.74, 6) is 0.660. The summed E-state index contributed by atoms with van der Waals surface area (Å²) in [5.41, 5.74) is 0.989. The first kappa shape index (κ1) is 13.2. The molecule has 0 unspecified atom stereocenters. The van der Waals surface area contributed by atoms with Crippen molar-refractivity contribution in [3.8, 4) is 0 Å². The minimum atomic E-state index is -0.473. The first-order valence-electron chi connectivity index (χ1n) is 5.53. The molecule has 100 valence electrons. The van der Waals surface area contributed by atoms with Crippen LogP contribution in [0.15, 0.2) is 23.0 Å². The summed E-state index contributed by atoms with van der Waals surface area (Å²) in [6.07, 6.45) is 1.22. The third kappa shape index (κ3) is 2.97. The molecule has 0 atom stereocenters. The van der Waals surface area contributed by atoms with Crippen molar-refractivity contribution in [2.24, 2.45) is 0 Å². The van der Waals surface area contributed by atoms with Crippen molar-refractivity contribution >= 4 is 28.8 Å². The molecule has 2 heterocycles. The second kappa shape index (κ2) is 5.61. The van der Waals surface area contributed by atoms with Crippen LogP contribution in [0.1, 0.15) is 5.56 Å². The molecule has 0 bridgehead atoms. The Morgan fingerprint density at radius 1 is 1.58 bits per heavy atom. The Morgan fingerprint density at radius 2 is 2.37 bits per heavy atom. The smallest absolute Gasteiger partial charge is 0.329 e. The zero-order valence-corrected chi connectivity index (χ0v) is 11.3. The molecule has 0 fully saturated rings. The van der Waals surface area contributed by atoms with Gasteiger partial charge in [0, 0.05) is 20.6 Å². The van der Waals surface area contributed by atoms with E-state index >= 15 is 0 Å². The fourth-order valence-corrected chi connectivity index (χ4v) is 2.29. The Morgan fingerprint density at radius 3 is 2.95 bits per heavy atom. The maximum absolute atomic E-state index is 11.0. The van der Waals surface area contributed by atoms with Gasteiger partial charge in [0.15, 0.2) is 0 Å². The normalized spacial score (nSPS) is 10.2. The van der Waals surface area contributed by atoms with E-state index in [-0.39, 0.29) is 5.69 Å². The van der Waals surface area contributed by atoms with Crippen LogP contribution in [-0.2, 0) is 6.54 Å². The van der Waals surface area contributed by atoms with E-state index in [2.05, 4.69) is 15.3 Å². The summed E-state index contributed by atoms with van der Waals surface area (Å²) in [7, 11) is 3.44. The molecule has 0 aliphatic carbocycles. The number of thiophene rings is 1. The average molecular weight is 279 g/mol. The molecule has 0 aliphatic heterocycles. The fourth-order valence-electron chi connectivity index (χ4n) is 1.63. The van der Waals surface area contributed by atoms with Gasteiger partial charge in [-0.3, -0.25) is 10.1 Å². The van der Waals surface area contributed by atoms with Gasteiger partial charge in [-0.25, -0.2) is 4.98 Å². The third-order valence-electron chi connectivity index (χ3n) is 2.53. The van der Waals surface area contributed by atoms with Crippen LogP contribution in [0.5, 0.6) is 0 Å². The topological polar surface area (TPSA) is 84.2 Å². The van der Waals surface area contributed by atoms with Crippen LogP contribution in [0, 0.1) is 10.1 Å². The highest BCUT2D eigenvalue weighted by Gasteiger charge is 2.20. The maximum atomic E-state index is 11.0. The summed E-state index contributed by atoms with van der Waals surface area (Å²) in [4.78, 5) is 20.3. The van der Waals surface area contributed by atoms with Gasteiger partial charge >= 0.3 is 5.69 Å². The van der Waals surface area contributed by atoms with Crippen molar-refractivity contribution in [2.45, 2.75) is 6.54 Å². The molecule has 0 spiro atoms. The van der Waals surface area contributed by atoms with Crippen molar-refractivity contribution < 1.29 is 4.92 Å². The van der Waals surface area contributed by atoms with Crippen LogP contribution in [0.25, 0.3) is 0 Å². The number of hydrogen-bond donors (Lipinski definition) is 1. The van der Waals surface area contributed by atoms with Gasteiger partial charge in [0.05, 0.1) is 4.92 Å². The van der Waals surface area contributed by atoms with Gasteiger partial charge in [-0.2, -0.15) is 16.3 Å².